The molecule has 0 fully saturated rings. The summed E-state index contributed by atoms with van der Waals surface area (Å²) in [7, 11) is 0. The largest absolute Gasteiger partial charge is 0.352 e. The fourth-order valence-corrected chi connectivity index (χ4v) is 1.72. The Hall–Kier alpha value is -1.39. The number of amides is 1. The molecule has 0 bridgehead atoms. The number of hydrogen-bond acceptors (Lipinski definition) is 3. The van der Waals surface area contributed by atoms with Crippen molar-refractivity contribution < 1.29 is 10.3 Å². The molecule has 1 rings (SSSR count). The van der Waals surface area contributed by atoms with Gasteiger partial charge in [0.05, 0.1) is 6.04 Å². The molecule has 1 aromatic carbocycles. The van der Waals surface area contributed by atoms with Gasteiger partial charge in [-0.1, -0.05) is 36.7 Å². The molecule has 4 heteroatoms. The van der Waals surface area contributed by atoms with E-state index in [1.165, 1.54) is 0 Å². The number of rotatable bonds is 8. The molecule has 0 radical (unpaired) electrons. The molecule has 0 heterocycles. The van der Waals surface area contributed by atoms with Crippen LogP contribution in [0.2, 0.25) is 0 Å². The Morgan fingerprint density at radius 1 is 1.37 bits per heavy atom. The van der Waals surface area contributed by atoms with Crippen LogP contribution in [0.1, 0.15) is 37.1 Å². The van der Waals surface area contributed by atoms with E-state index in [4.69, 9.17) is 17.0 Å². The summed E-state index contributed by atoms with van der Waals surface area (Å²) in [6.07, 6.45) is -4.31. The van der Waals surface area contributed by atoms with Gasteiger partial charge in [0.1, 0.15) is 0 Å². The second kappa shape index (κ2) is 8.67. The van der Waals surface area contributed by atoms with E-state index in [0.29, 0.717) is 6.42 Å². The predicted molar refractivity (Wildman–Crippen MR) is 78.6 cm³/mol. The normalized spacial score (nSPS) is 18.5. The van der Waals surface area contributed by atoms with Crippen molar-refractivity contribution in [3.63, 3.8) is 0 Å². The molecule has 2 atom stereocenters. The molecule has 0 spiro atoms. The highest BCUT2D eigenvalue weighted by Crippen LogP contribution is 2.04. The predicted octanol–water partition coefficient (Wildman–Crippen LogP) is 1.19. The zero-order chi connectivity index (χ0) is 17.7. The summed E-state index contributed by atoms with van der Waals surface area (Å²) in [4.78, 5) is 12.1. The maximum Gasteiger partial charge on any atom is 0.237 e. The zero-order valence-electron chi connectivity index (χ0n) is 15.2. The second-order valence-electron chi connectivity index (χ2n) is 4.47. The Bertz CT molecular complexity index is 511. The van der Waals surface area contributed by atoms with E-state index in [1.54, 1.807) is 0 Å². The zero-order valence-corrected chi connectivity index (χ0v) is 11.2. The van der Waals surface area contributed by atoms with Crippen molar-refractivity contribution >= 4 is 5.91 Å². The van der Waals surface area contributed by atoms with Crippen LogP contribution in [0.3, 0.4) is 0 Å². The van der Waals surface area contributed by atoms with Crippen molar-refractivity contribution in [1.82, 2.24) is 5.32 Å². The smallest absolute Gasteiger partial charge is 0.237 e. The van der Waals surface area contributed by atoms with E-state index in [9.17, 15) is 4.79 Å². The van der Waals surface area contributed by atoms with Gasteiger partial charge in [-0.15, -0.1) is 0 Å². The van der Waals surface area contributed by atoms with Crippen LogP contribution in [-0.4, -0.2) is 24.5 Å². The van der Waals surface area contributed by atoms with Gasteiger partial charge >= 0.3 is 0 Å². The summed E-state index contributed by atoms with van der Waals surface area (Å²) >= 11 is 0. The van der Waals surface area contributed by atoms with Gasteiger partial charge < -0.3 is 16.8 Å². The fourth-order valence-electron chi connectivity index (χ4n) is 1.72. The summed E-state index contributed by atoms with van der Waals surface area (Å²) in [5, 5.41) is 2.74. The topological polar surface area (TPSA) is 81.1 Å². The molecule has 0 aliphatic carbocycles. The van der Waals surface area contributed by atoms with Gasteiger partial charge in [0.15, 0.2) is 0 Å². The molecule has 19 heavy (non-hydrogen) atoms. The van der Waals surface area contributed by atoms with Crippen LogP contribution in [0.5, 0.6) is 0 Å². The van der Waals surface area contributed by atoms with E-state index in [-0.39, 0.29) is 6.04 Å². The van der Waals surface area contributed by atoms with Gasteiger partial charge in [-0.2, -0.15) is 0 Å². The molecule has 0 aromatic heterocycles. The third-order valence-corrected chi connectivity index (χ3v) is 2.66. The lowest BCUT2D eigenvalue weighted by Crippen LogP contribution is -2.45. The van der Waals surface area contributed by atoms with Crippen LogP contribution in [0.15, 0.2) is 30.3 Å². The molecule has 0 aliphatic rings. The summed E-state index contributed by atoms with van der Waals surface area (Å²) in [5.74, 6) is -0.495. The van der Waals surface area contributed by atoms with Crippen molar-refractivity contribution in [2.24, 2.45) is 11.5 Å². The van der Waals surface area contributed by atoms with Crippen molar-refractivity contribution in [2.75, 3.05) is 6.54 Å². The Morgan fingerprint density at radius 3 is 2.68 bits per heavy atom. The Balaban J connectivity index is 2.57. The first-order chi connectivity index (χ1) is 10.6. The Morgan fingerprint density at radius 2 is 2.05 bits per heavy atom. The fraction of sp³-hybridized carbons (Fsp3) is 0.533. The highest BCUT2D eigenvalue weighted by Gasteiger charge is 2.15. The first-order valence-electron chi connectivity index (χ1n) is 8.39. The van der Waals surface area contributed by atoms with Crippen LogP contribution in [-0.2, 0) is 11.2 Å². The summed E-state index contributed by atoms with van der Waals surface area (Å²) in [6.45, 7) is 1.37. The number of benzene rings is 1. The molecular weight excluding hydrogens is 238 g/mol. The van der Waals surface area contributed by atoms with E-state index < -0.39 is 37.7 Å². The lowest BCUT2D eigenvalue weighted by molar-refractivity contribution is -0.123. The van der Waals surface area contributed by atoms with E-state index in [2.05, 4.69) is 5.32 Å². The average Bonchev–Trinajstić information content (AvgIpc) is 2.47. The molecule has 106 valence electrons. The number of hydrogen-bond donors (Lipinski definition) is 3. The first-order valence-corrected chi connectivity index (χ1v) is 6.39. The van der Waals surface area contributed by atoms with Crippen molar-refractivity contribution in [3.05, 3.63) is 35.9 Å². The molecule has 1 aromatic rings. The SMILES string of the molecule is [2H]C([2H])(CN)C([2H])([2H])CC(N)C(=O)N[C@@H](C)Cc1ccccc1. The van der Waals surface area contributed by atoms with E-state index in [0.717, 1.165) is 5.56 Å². The number of carbonyl (C=O) groups is 1. The minimum atomic E-state index is -2.28. The van der Waals surface area contributed by atoms with Gasteiger partial charge in [-0.3, -0.25) is 4.79 Å². The third-order valence-electron chi connectivity index (χ3n) is 2.66. The molecule has 4 nitrogen and oxygen atoms in total. The van der Waals surface area contributed by atoms with Crippen LogP contribution in [0.25, 0.3) is 0 Å². The minimum Gasteiger partial charge on any atom is -0.352 e. The molecule has 1 amide bonds. The van der Waals surface area contributed by atoms with Crippen LogP contribution in [0.4, 0.5) is 0 Å². The summed E-state index contributed by atoms with van der Waals surface area (Å²) in [5.41, 5.74) is 12.1. The van der Waals surface area contributed by atoms with Crippen LogP contribution >= 0.6 is 0 Å². The molecule has 0 saturated heterocycles. The molecule has 0 aliphatic heterocycles. The third kappa shape index (κ3) is 6.36. The molecule has 5 N–H and O–H groups in total. The van der Waals surface area contributed by atoms with E-state index in [1.807, 2.05) is 37.3 Å². The average molecular weight is 267 g/mol. The van der Waals surface area contributed by atoms with Gasteiger partial charge in [-0.05, 0) is 38.2 Å². The Kier molecular flexibility index (Phi) is 4.75. The maximum absolute atomic E-state index is 12.1. The number of nitrogens with two attached hydrogens (primary N) is 2. The monoisotopic (exact) mass is 267 g/mol. The van der Waals surface area contributed by atoms with Crippen molar-refractivity contribution in [2.45, 2.75) is 44.6 Å². The van der Waals surface area contributed by atoms with Crippen LogP contribution in [0, 0.1) is 0 Å². The first kappa shape index (κ1) is 10.4. The highest BCUT2D eigenvalue weighted by atomic mass is 16.2. The quantitative estimate of drug-likeness (QED) is 0.662. The molecular formula is C15H25N3O. The molecule has 1 unspecified atom stereocenters. The van der Waals surface area contributed by atoms with Crippen LogP contribution < -0.4 is 16.8 Å². The maximum atomic E-state index is 12.1. The van der Waals surface area contributed by atoms with Gasteiger partial charge in [-0.25, -0.2) is 0 Å². The summed E-state index contributed by atoms with van der Waals surface area (Å²) in [6, 6.07) is 8.36. The lowest BCUT2D eigenvalue weighted by Gasteiger charge is -2.17. The lowest BCUT2D eigenvalue weighted by atomic mass is 10.1. The standard InChI is InChI=1S/C15H25N3O/c1-12(11-13-7-3-2-4-8-13)18-15(19)14(17)9-5-6-10-16/h2-4,7-8,12,14H,5-6,9-11,16-17H2,1H3,(H,18,19)/t12-,14?/m0/s1/i5D2,6D2. The summed E-state index contributed by atoms with van der Waals surface area (Å²) < 4.78 is 30.7. The Labute approximate surface area is 121 Å². The van der Waals surface area contributed by atoms with Gasteiger partial charge in [0.25, 0.3) is 0 Å². The van der Waals surface area contributed by atoms with Gasteiger partial charge in [0.2, 0.25) is 5.91 Å². The minimum absolute atomic E-state index is 0.159. The van der Waals surface area contributed by atoms with Crippen molar-refractivity contribution in [1.29, 1.82) is 0 Å². The highest BCUT2D eigenvalue weighted by molar-refractivity contribution is 5.81. The van der Waals surface area contributed by atoms with Gasteiger partial charge in [0, 0.05) is 11.5 Å². The number of nitrogens with one attached hydrogen (secondary N) is 1. The number of carbonyl (C=O) groups excluding carboxylic acids is 1. The van der Waals surface area contributed by atoms with Crippen molar-refractivity contribution in [3.8, 4) is 0 Å². The second-order valence-corrected chi connectivity index (χ2v) is 4.47. The van der Waals surface area contributed by atoms with E-state index >= 15 is 0 Å². The molecule has 0 saturated carbocycles.